The Hall–Kier alpha value is -2.10. The van der Waals surface area contributed by atoms with Gasteiger partial charge in [-0.25, -0.2) is 0 Å². The van der Waals surface area contributed by atoms with E-state index in [2.05, 4.69) is 9.98 Å². The number of fused-ring (bicyclic) bond motifs is 1. The largest absolute Gasteiger partial charge is 0.496 e. The molecular weight excluding hydrogens is 228 g/mol. The number of ether oxygens (including phenoxy) is 1. The molecule has 0 radical (unpaired) electrons. The SMILES string of the molecule is CN=C(C)c1cc(=O)c2ccc(OC)c(C)c2[nH]1. The van der Waals surface area contributed by atoms with Crippen LogP contribution in [-0.2, 0) is 0 Å². The van der Waals surface area contributed by atoms with Gasteiger partial charge in [0.2, 0.25) is 0 Å². The van der Waals surface area contributed by atoms with Crippen molar-refractivity contribution in [1.29, 1.82) is 0 Å². The summed E-state index contributed by atoms with van der Waals surface area (Å²) in [7, 11) is 3.32. The van der Waals surface area contributed by atoms with E-state index in [-0.39, 0.29) is 5.43 Å². The van der Waals surface area contributed by atoms with E-state index >= 15 is 0 Å². The van der Waals surface area contributed by atoms with Crippen LogP contribution in [0.5, 0.6) is 5.75 Å². The van der Waals surface area contributed by atoms with E-state index in [1.165, 1.54) is 0 Å². The third kappa shape index (κ3) is 1.90. The van der Waals surface area contributed by atoms with Crippen molar-refractivity contribution in [3.8, 4) is 5.75 Å². The summed E-state index contributed by atoms with van der Waals surface area (Å²) in [5.41, 5.74) is 3.27. The van der Waals surface area contributed by atoms with E-state index in [4.69, 9.17) is 4.74 Å². The van der Waals surface area contributed by atoms with Crippen LogP contribution in [-0.4, -0.2) is 24.9 Å². The van der Waals surface area contributed by atoms with Crippen molar-refractivity contribution in [2.24, 2.45) is 4.99 Å². The fourth-order valence-corrected chi connectivity index (χ4v) is 1.98. The normalized spacial score (nSPS) is 11.9. The minimum Gasteiger partial charge on any atom is -0.496 e. The molecule has 0 atom stereocenters. The minimum atomic E-state index is -0.00694. The zero-order valence-corrected chi connectivity index (χ0v) is 11.0. The van der Waals surface area contributed by atoms with Crippen LogP contribution in [0.15, 0.2) is 28.0 Å². The summed E-state index contributed by atoms with van der Waals surface area (Å²) in [5.74, 6) is 0.765. The van der Waals surface area contributed by atoms with Crippen LogP contribution in [0.4, 0.5) is 0 Å². The van der Waals surface area contributed by atoms with Crippen LogP contribution < -0.4 is 10.2 Å². The molecule has 18 heavy (non-hydrogen) atoms. The third-order valence-corrected chi connectivity index (χ3v) is 3.16. The van der Waals surface area contributed by atoms with E-state index in [0.717, 1.165) is 28.2 Å². The molecule has 1 N–H and O–H groups in total. The maximum atomic E-state index is 12.1. The predicted octanol–water partition coefficient (Wildman–Crippen LogP) is 2.28. The summed E-state index contributed by atoms with van der Waals surface area (Å²) in [4.78, 5) is 19.4. The molecule has 1 aromatic carbocycles. The Labute approximate surface area is 105 Å². The Kier molecular flexibility index (Phi) is 3.19. The Bertz CT molecular complexity index is 684. The van der Waals surface area contributed by atoms with Crippen LogP contribution in [0.1, 0.15) is 18.2 Å². The molecule has 0 fully saturated rings. The molecule has 4 heteroatoms. The maximum absolute atomic E-state index is 12.1. The highest BCUT2D eigenvalue weighted by molar-refractivity contribution is 5.99. The molecule has 4 nitrogen and oxygen atoms in total. The topological polar surface area (TPSA) is 54.4 Å². The van der Waals surface area contributed by atoms with E-state index in [1.54, 1.807) is 26.3 Å². The quantitative estimate of drug-likeness (QED) is 0.824. The number of aliphatic imine (C=N–C) groups is 1. The number of aromatic nitrogens is 1. The van der Waals surface area contributed by atoms with Crippen molar-refractivity contribution in [1.82, 2.24) is 4.98 Å². The number of nitrogens with zero attached hydrogens (tertiary/aromatic N) is 1. The lowest BCUT2D eigenvalue weighted by Crippen LogP contribution is -2.09. The number of hydrogen-bond acceptors (Lipinski definition) is 3. The van der Waals surface area contributed by atoms with Crippen molar-refractivity contribution >= 4 is 16.6 Å². The van der Waals surface area contributed by atoms with E-state index < -0.39 is 0 Å². The molecular formula is C14H16N2O2. The average Bonchev–Trinajstić information content (AvgIpc) is 2.38. The van der Waals surface area contributed by atoms with Gasteiger partial charge in [-0.1, -0.05) is 0 Å². The van der Waals surface area contributed by atoms with Crippen LogP contribution in [0.2, 0.25) is 0 Å². The fraction of sp³-hybridized carbons (Fsp3) is 0.286. The number of rotatable bonds is 2. The van der Waals surface area contributed by atoms with Crippen LogP contribution in [0.25, 0.3) is 10.9 Å². The van der Waals surface area contributed by atoms with Crippen LogP contribution in [0, 0.1) is 6.92 Å². The molecule has 0 spiro atoms. The lowest BCUT2D eigenvalue weighted by molar-refractivity contribution is 0.412. The Morgan fingerprint density at radius 1 is 1.39 bits per heavy atom. The van der Waals surface area contributed by atoms with Gasteiger partial charge in [0.05, 0.1) is 24.0 Å². The molecule has 0 saturated heterocycles. The zero-order chi connectivity index (χ0) is 13.3. The Morgan fingerprint density at radius 3 is 2.72 bits per heavy atom. The highest BCUT2D eigenvalue weighted by Crippen LogP contribution is 2.24. The number of methoxy groups -OCH3 is 1. The Balaban J connectivity index is 2.85. The average molecular weight is 244 g/mol. The van der Waals surface area contributed by atoms with Crippen LogP contribution >= 0.6 is 0 Å². The first-order chi connectivity index (χ1) is 8.58. The molecule has 0 aliphatic rings. The van der Waals surface area contributed by atoms with Crippen molar-refractivity contribution in [2.75, 3.05) is 14.2 Å². The van der Waals surface area contributed by atoms with Crippen molar-refractivity contribution in [3.05, 3.63) is 39.7 Å². The summed E-state index contributed by atoms with van der Waals surface area (Å²) < 4.78 is 5.27. The monoisotopic (exact) mass is 244 g/mol. The number of pyridine rings is 1. The number of H-pyrrole nitrogens is 1. The zero-order valence-electron chi connectivity index (χ0n) is 11.0. The van der Waals surface area contributed by atoms with Crippen molar-refractivity contribution in [2.45, 2.75) is 13.8 Å². The number of benzene rings is 1. The summed E-state index contributed by atoms with van der Waals surface area (Å²) in [6.45, 7) is 3.80. The lowest BCUT2D eigenvalue weighted by atomic mass is 10.1. The van der Waals surface area contributed by atoms with Gasteiger partial charge in [0.1, 0.15) is 5.75 Å². The summed E-state index contributed by atoms with van der Waals surface area (Å²) in [5, 5.41) is 0.668. The first kappa shape index (κ1) is 12.4. The highest BCUT2D eigenvalue weighted by atomic mass is 16.5. The first-order valence-electron chi connectivity index (χ1n) is 5.73. The van der Waals surface area contributed by atoms with Gasteiger partial charge in [-0.2, -0.15) is 0 Å². The maximum Gasteiger partial charge on any atom is 0.190 e. The number of aromatic amines is 1. The summed E-state index contributed by atoms with van der Waals surface area (Å²) in [6, 6.07) is 5.17. The minimum absolute atomic E-state index is 0.00694. The van der Waals surface area contributed by atoms with E-state index in [1.807, 2.05) is 19.9 Å². The number of nitrogens with one attached hydrogen (secondary N) is 1. The standard InChI is InChI=1S/C14H16N2O2/c1-8-13(18-4)6-5-10-12(17)7-11(9(2)15-3)16-14(8)10/h5-7H,1-4H3,(H,16,17). The predicted molar refractivity (Wildman–Crippen MR) is 74.0 cm³/mol. The van der Waals surface area contributed by atoms with E-state index in [0.29, 0.717) is 5.39 Å². The third-order valence-electron chi connectivity index (χ3n) is 3.16. The first-order valence-corrected chi connectivity index (χ1v) is 5.73. The van der Waals surface area contributed by atoms with Gasteiger partial charge in [0, 0.05) is 24.1 Å². The smallest absolute Gasteiger partial charge is 0.190 e. The van der Waals surface area contributed by atoms with Gasteiger partial charge in [-0.15, -0.1) is 0 Å². The molecule has 0 amide bonds. The van der Waals surface area contributed by atoms with E-state index in [9.17, 15) is 4.79 Å². The molecule has 1 aromatic heterocycles. The molecule has 2 rings (SSSR count). The van der Waals surface area contributed by atoms with Gasteiger partial charge >= 0.3 is 0 Å². The molecule has 0 bridgehead atoms. The molecule has 94 valence electrons. The van der Waals surface area contributed by atoms with Gasteiger partial charge in [0.25, 0.3) is 0 Å². The second-order valence-electron chi connectivity index (χ2n) is 4.17. The van der Waals surface area contributed by atoms with Crippen molar-refractivity contribution in [3.63, 3.8) is 0 Å². The Morgan fingerprint density at radius 2 is 2.11 bits per heavy atom. The van der Waals surface area contributed by atoms with Crippen LogP contribution in [0.3, 0.4) is 0 Å². The molecule has 1 heterocycles. The molecule has 0 aliphatic heterocycles. The second-order valence-corrected chi connectivity index (χ2v) is 4.17. The molecule has 2 aromatic rings. The van der Waals surface area contributed by atoms with Gasteiger partial charge in [-0.3, -0.25) is 9.79 Å². The van der Waals surface area contributed by atoms with Gasteiger partial charge in [0.15, 0.2) is 5.43 Å². The second kappa shape index (κ2) is 4.64. The van der Waals surface area contributed by atoms with Crippen molar-refractivity contribution < 1.29 is 4.74 Å². The number of aryl methyl sites for hydroxylation is 1. The molecule has 0 unspecified atom stereocenters. The molecule has 0 aliphatic carbocycles. The highest BCUT2D eigenvalue weighted by Gasteiger charge is 2.09. The fourth-order valence-electron chi connectivity index (χ4n) is 1.98. The summed E-state index contributed by atoms with van der Waals surface area (Å²) in [6.07, 6.45) is 0. The lowest BCUT2D eigenvalue weighted by Gasteiger charge is -2.09. The van der Waals surface area contributed by atoms with Gasteiger partial charge < -0.3 is 9.72 Å². The molecule has 0 saturated carbocycles. The van der Waals surface area contributed by atoms with Gasteiger partial charge in [-0.05, 0) is 26.0 Å². The number of hydrogen-bond donors (Lipinski definition) is 1. The summed E-state index contributed by atoms with van der Waals surface area (Å²) >= 11 is 0.